The van der Waals surface area contributed by atoms with Gasteiger partial charge in [0.25, 0.3) is 0 Å². The van der Waals surface area contributed by atoms with Gasteiger partial charge in [0.05, 0.1) is 5.41 Å². The molecule has 1 aromatic rings. The van der Waals surface area contributed by atoms with Crippen LogP contribution >= 0.6 is 0 Å². The van der Waals surface area contributed by atoms with E-state index in [4.69, 9.17) is 4.74 Å². The van der Waals surface area contributed by atoms with Crippen LogP contribution in [0, 0.1) is 5.41 Å². The number of hydrogen-bond donors (Lipinski definition) is 4. The van der Waals surface area contributed by atoms with Crippen LogP contribution in [-0.4, -0.2) is 39.0 Å². The van der Waals surface area contributed by atoms with Gasteiger partial charge < -0.3 is 20.1 Å². The fraction of sp³-hybridized carbons (Fsp3) is 0.529. The third-order valence-corrected chi connectivity index (χ3v) is 3.49. The van der Waals surface area contributed by atoms with E-state index in [-0.39, 0.29) is 17.9 Å². The molecule has 0 aliphatic carbocycles. The summed E-state index contributed by atoms with van der Waals surface area (Å²) in [4.78, 5) is 23.6. The maximum absolute atomic E-state index is 11.9. The lowest BCUT2D eigenvalue weighted by Gasteiger charge is -2.31. The molecule has 0 saturated carbocycles. The Bertz CT molecular complexity index is 622. The molecule has 1 aromatic carbocycles. The van der Waals surface area contributed by atoms with Crippen LogP contribution in [0.4, 0.5) is 0 Å². The average Bonchev–Trinajstić information content (AvgIpc) is 2.41. The van der Waals surface area contributed by atoms with Crippen molar-refractivity contribution in [2.45, 2.75) is 52.8 Å². The minimum absolute atomic E-state index is 0.0214. The van der Waals surface area contributed by atoms with Crippen LogP contribution in [0.3, 0.4) is 0 Å². The summed E-state index contributed by atoms with van der Waals surface area (Å²) >= 11 is 0. The lowest BCUT2D eigenvalue weighted by atomic mass is 9.92. The van der Waals surface area contributed by atoms with Gasteiger partial charge in [-0.05, 0) is 52.3 Å². The third-order valence-electron chi connectivity index (χ3n) is 3.49. The van der Waals surface area contributed by atoms with Crippen molar-refractivity contribution in [1.29, 1.82) is 0 Å². The number of carboxylic acids is 1. The topological polar surface area (TPSA) is 116 Å². The minimum atomic E-state index is -1.43. The van der Waals surface area contributed by atoms with Gasteiger partial charge in [0.15, 0.2) is 17.7 Å². The molecule has 0 aliphatic rings. The average molecular weight is 339 g/mol. The molecule has 4 N–H and O–H groups in total. The number of phenols is 2. The summed E-state index contributed by atoms with van der Waals surface area (Å²) in [6.45, 7) is 8.13. The van der Waals surface area contributed by atoms with Crippen molar-refractivity contribution in [2.24, 2.45) is 5.41 Å². The monoisotopic (exact) mass is 339 g/mol. The zero-order chi connectivity index (χ0) is 18.7. The molecule has 24 heavy (non-hydrogen) atoms. The summed E-state index contributed by atoms with van der Waals surface area (Å²) < 4.78 is 5.24. The molecular weight excluding hydrogens is 314 g/mol. The Morgan fingerprint density at radius 1 is 1.17 bits per heavy atom. The number of hydrogen-bond acceptors (Lipinski definition) is 6. The van der Waals surface area contributed by atoms with Crippen molar-refractivity contribution in [3.63, 3.8) is 0 Å². The summed E-state index contributed by atoms with van der Waals surface area (Å²) in [5.74, 6) is -2.19. The van der Waals surface area contributed by atoms with Crippen molar-refractivity contribution in [3.8, 4) is 11.5 Å². The number of aliphatic carboxylic acids is 1. The van der Waals surface area contributed by atoms with Gasteiger partial charge in [0.2, 0.25) is 0 Å². The van der Waals surface area contributed by atoms with Gasteiger partial charge in [-0.15, -0.1) is 0 Å². The summed E-state index contributed by atoms with van der Waals surface area (Å²) in [5.41, 5.74) is -1.61. The number of carbonyl (C=O) groups excluding carboxylic acids is 1. The first-order chi connectivity index (χ1) is 10.8. The van der Waals surface area contributed by atoms with E-state index >= 15 is 0 Å². The van der Waals surface area contributed by atoms with Gasteiger partial charge in [-0.25, -0.2) is 0 Å². The van der Waals surface area contributed by atoms with Gasteiger partial charge in [0.1, 0.15) is 5.54 Å². The van der Waals surface area contributed by atoms with E-state index in [9.17, 15) is 24.9 Å². The van der Waals surface area contributed by atoms with Crippen LogP contribution in [-0.2, 0) is 20.7 Å². The van der Waals surface area contributed by atoms with Gasteiger partial charge in [-0.3, -0.25) is 14.9 Å². The molecule has 0 amide bonds. The number of benzene rings is 1. The molecule has 1 rings (SSSR count). The SMILES string of the molecule is C[C@H](N[C@@](C)(Cc1ccc(O)c(O)c1)C(=O)O)OC(=O)C(C)(C)C. The molecule has 0 aliphatic heterocycles. The number of carboxylic acid groups (broad SMARTS) is 1. The number of nitrogens with one attached hydrogen (secondary N) is 1. The Kier molecular flexibility index (Phi) is 5.84. The fourth-order valence-electron chi connectivity index (χ4n) is 2.09. The van der Waals surface area contributed by atoms with E-state index in [1.807, 2.05) is 0 Å². The van der Waals surface area contributed by atoms with Crippen molar-refractivity contribution in [3.05, 3.63) is 23.8 Å². The molecule has 0 fully saturated rings. The Morgan fingerprint density at radius 3 is 2.21 bits per heavy atom. The fourth-order valence-corrected chi connectivity index (χ4v) is 2.09. The third kappa shape index (κ3) is 5.13. The lowest BCUT2D eigenvalue weighted by molar-refractivity contribution is -0.163. The van der Waals surface area contributed by atoms with E-state index in [2.05, 4.69) is 5.32 Å². The standard InChI is InChI=1S/C17H25NO6/c1-10(24-15(23)16(2,3)4)18-17(5,14(21)22)9-11-6-7-12(19)13(20)8-11/h6-8,10,18-20H,9H2,1-5H3,(H,21,22)/t10-,17+/m1/s1. The first-order valence-corrected chi connectivity index (χ1v) is 7.58. The predicted octanol–water partition coefficient (Wildman–Crippen LogP) is 2.01. The number of esters is 1. The number of phenolic OH excluding ortho intramolecular Hbond substituents is 2. The Balaban J connectivity index is 2.89. The van der Waals surface area contributed by atoms with Crippen molar-refractivity contribution in [2.75, 3.05) is 0 Å². The highest BCUT2D eigenvalue weighted by atomic mass is 16.6. The molecule has 2 atom stereocenters. The van der Waals surface area contributed by atoms with E-state index in [1.165, 1.54) is 25.1 Å². The summed E-state index contributed by atoms with van der Waals surface area (Å²) in [6, 6.07) is 4.10. The van der Waals surface area contributed by atoms with Crippen LogP contribution in [0.15, 0.2) is 18.2 Å². The molecule has 0 saturated heterocycles. The first kappa shape index (κ1) is 19.8. The Morgan fingerprint density at radius 2 is 1.75 bits per heavy atom. The zero-order valence-electron chi connectivity index (χ0n) is 14.6. The van der Waals surface area contributed by atoms with E-state index in [0.29, 0.717) is 5.56 Å². The highest BCUT2D eigenvalue weighted by Crippen LogP contribution is 2.27. The minimum Gasteiger partial charge on any atom is -0.504 e. The van der Waals surface area contributed by atoms with Crippen molar-refractivity contribution in [1.82, 2.24) is 5.32 Å². The molecule has 0 radical (unpaired) electrons. The number of aromatic hydroxyl groups is 2. The van der Waals surface area contributed by atoms with Crippen LogP contribution in [0.25, 0.3) is 0 Å². The number of carbonyl (C=O) groups is 2. The summed E-state index contributed by atoms with van der Waals surface area (Å²) in [5, 5.41) is 31.2. The maximum Gasteiger partial charge on any atom is 0.324 e. The van der Waals surface area contributed by atoms with Crippen molar-refractivity contribution >= 4 is 11.9 Å². The van der Waals surface area contributed by atoms with E-state index in [1.54, 1.807) is 27.7 Å². The molecular formula is C17H25NO6. The van der Waals surface area contributed by atoms with Crippen LogP contribution in [0.2, 0.25) is 0 Å². The van der Waals surface area contributed by atoms with Crippen molar-refractivity contribution < 1.29 is 29.6 Å². The highest BCUT2D eigenvalue weighted by molar-refractivity contribution is 5.79. The van der Waals surface area contributed by atoms with Gasteiger partial charge in [0, 0.05) is 6.42 Å². The molecule has 0 bridgehead atoms. The normalized spacial score (nSPS) is 15.4. The Hall–Kier alpha value is -2.28. The molecule has 0 unspecified atom stereocenters. The van der Waals surface area contributed by atoms with E-state index < -0.39 is 29.1 Å². The summed E-state index contributed by atoms with van der Waals surface area (Å²) in [7, 11) is 0. The van der Waals surface area contributed by atoms with Gasteiger partial charge in [-0.1, -0.05) is 6.07 Å². The molecule has 7 nitrogen and oxygen atoms in total. The molecule has 7 heteroatoms. The molecule has 134 valence electrons. The van der Waals surface area contributed by atoms with Crippen LogP contribution < -0.4 is 5.32 Å². The van der Waals surface area contributed by atoms with Crippen LogP contribution in [0.1, 0.15) is 40.2 Å². The smallest absolute Gasteiger partial charge is 0.324 e. The lowest BCUT2D eigenvalue weighted by Crippen LogP contribution is -2.56. The Labute approximate surface area is 141 Å². The highest BCUT2D eigenvalue weighted by Gasteiger charge is 2.36. The first-order valence-electron chi connectivity index (χ1n) is 7.58. The zero-order valence-corrected chi connectivity index (χ0v) is 14.6. The second-order valence-corrected chi connectivity index (χ2v) is 7.08. The van der Waals surface area contributed by atoms with Gasteiger partial charge >= 0.3 is 11.9 Å². The van der Waals surface area contributed by atoms with Crippen LogP contribution in [0.5, 0.6) is 11.5 Å². The quantitative estimate of drug-likeness (QED) is 0.356. The maximum atomic E-state index is 11.9. The molecule has 0 aromatic heterocycles. The largest absolute Gasteiger partial charge is 0.504 e. The molecule has 0 heterocycles. The van der Waals surface area contributed by atoms with E-state index in [0.717, 1.165) is 0 Å². The number of ether oxygens (including phenoxy) is 1. The number of rotatable bonds is 6. The summed E-state index contributed by atoms with van der Waals surface area (Å²) in [6.07, 6.45) is -0.795. The second-order valence-electron chi connectivity index (χ2n) is 7.08. The molecule has 0 spiro atoms. The predicted molar refractivity (Wildman–Crippen MR) is 87.7 cm³/mol. The second kappa shape index (κ2) is 7.09. The van der Waals surface area contributed by atoms with Gasteiger partial charge in [-0.2, -0.15) is 0 Å².